The van der Waals surface area contributed by atoms with Crippen molar-refractivity contribution in [2.45, 2.75) is 4.90 Å². The largest absolute Gasteiger partial charge is 0.287 e. The summed E-state index contributed by atoms with van der Waals surface area (Å²) >= 11 is 0. The molecule has 2 heterocycles. The number of hydrogen-bond donors (Lipinski definition) is 0. The van der Waals surface area contributed by atoms with E-state index in [2.05, 4.69) is 9.80 Å². The molecule has 3 rings (SSSR count). The van der Waals surface area contributed by atoms with Crippen molar-refractivity contribution in [3.05, 3.63) is 30.3 Å². The van der Waals surface area contributed by atoms with E-state index in [4.69, 9.17) is 0 Å². The van der Waals surface area contributed by atoms with Crippen LogP contribution in [0.25, 0.3) is 0 Å². The van der Waals surface area contributed by atoms with Crippen LogP contribution in [-0.4, -0.2) is 62.0 Å². The molecule has 0 aromatic heterocycles. The minimum Gasteiger partial charge on any atom is -0.287 e. The van der Waals surface area contributed by atoms with Gasteiger partial charge in [0, 0.05) is 26.2 Å². The topological polar surface area (TPSA) is 43.4 Å². The number of hydrogen-bond acceptors (Lipinski definition) is 4. The molecular formula is C12H17N3O2S. The van der Waals surface area contributed by atoms with Crippen LogP contribution in [0.15, 0.2) is 35.2 Å². The highest BCUT2D eigenvalue weighted by atomic mass is 32.2. The summed E-state index contributed by atoms with van der Waals surface area (Å²) < 4.78 is 26.6. The fraction of sp³-hybridized carbons (Fsp3) is 0.500. The maximum Gasteiger partial charge on any atom is 0.245 e. The van der Waals surface area contributed by atoms with Crippen LogP contribution in [0.2, 0.25) is 0 Å². The van der Waals surface area contributed by atoms with E-state index in [0.717, 1.165) is 26.2 Å². The van der Waals surface area contributed by atoms with Gasteiger partial charge in [-0.05, 0) is 12.1 Å². The van der Waals surface area contributed by atoms with Gasteiger partial charge >= 0.3 is 0 Å². The van der Waals surface area contributed by atoms with Crippen molar-refractivity contribution in [1.29, 1.82) is 0 Å². The monoisotopic (exact) mass is 267 g/mol. The van der Waals surface area contributed by atoms with Crippen LogP contribution >= 0.6 is 0 Å². The Kier molecular flexibility index (Phi) is 3.11. The Morgan fingerprint density at radius 1 is 0.944 bits per heavy atom. The van der Waals surface area contributed by atoms with Crippen molar-refractivity contribution >= 4 is 10.0 Å². The molecule has 0 saturated carbocycles. The van der Waals surface area contributed by atoms with Gasteiger partial charge in [-0.1, -0.05) is 18.2 Å². The summed E-state index contributed by atoms with van der Waals surface area (Å²) in [6.07, 6.45) is 0. The van der Waals surface area contributed by atoms with Gasteiger partial charge in [0.15, 0.2) is 0 Å². The van der Waals surface area contributed by atoms with Crippen LogP contribution in [0, 0.1) is 0 Å². The van der Waals surface area contributed by atoms with Crippen molar-refractivity contribution in [2.75, 3.05) is 39.5 Å². The molecule has 0 spiro atoms. The van der Waals surface area contributed by atoms with E-state index in [1.165, 1.54) is 0 Å². The summed E-state index contributed by atoms with van der Waals surface area (Å²) in [7, 11) is -3.36. The third kappa shape index (κ3) is 2.72. The predicted molar refractivity (Wildman–Crippen MR) is 68.3 cm³/mol. The summed E-state index contributed by atoms with van der Waals surface area (Å²) in [4.78, 5) is 4.61. The van der Waals surface area contributed by atoms with Crippen molar-refractivity contribution in [3.8, 4) is 0 Å². The number of sulfonamides is 1. The molecular weight excluding hydrogens is 250 g/mol. The molecule has 2 saturated heterocycles. The summed E-state index contributed by atoms with van der Waals surface area (Å²) in [5, 5.41) is 0. The van der Waals surface area contributed by atoms with Gasteiger partial charge in [-0.15, -0.1) is 0 Å². The zero-order valence-corrected chi connectivity index (χ0v) is 11.0. The molecule has 18 heavy (non-hydrogen) atoms. The zero-order chi connectivity index (χ0) is 12.6. The Morgan fingerprint density at radius 3 is 1.89 bits per heavy atom. The lowest BCUT2D eigenvalue weighted by atomic mass is 10.4. The minimum absolute atomic E-state index is 0.383. The number of rotatable bonds is 6. The van der Waals surface area contributed by atoms with Crippen LogP contribution in [0.5, 0.6) is 0 Å². The highest BCUT2D eigenvalue weighted by molar-refractivity contribution is 7.89. The summed E-state index contributed by atoms with van der Waals surface area (Å²) in [6.45, 7) is 5.02. The van der Waals surface area contributed by atoms with Crippen LogP contribution in [0.3, 0.4) is 0 Å². The van der Waals surface area contributed by atoms with Gasteiger partial charge < -0.3 is 0 Å². The second-order valence-corrected chi connectivity index (χ2v) is 6.73. The smallest absolute Gasteiger partial charge is 0.245 e. The van der Waals surface area contributed by atoms with E-state index in [-0.39, 0.29) is 0 Å². The van der Waals surface area contributed by atoms with Crippen molar-refractivity contribution < 1.29 is 8.42 Å². The summed E-state index contributed by atoms with van der Waals surface area (Å²) in [5.41, 5.74) is 0. The molecule has 0 radical (unpaired) electrons. The first-order chi connectivity index (χ1) is 8.66. The molecule has 98 valence electrons. The van der Waals surface area contributed by atoms with Gasteiger partial charge in [0.2, 0.25) is 10.0 Å². The molecule has 0 atom stereocenters. The Labute approximate surface area is 108 Å². The van der Waals surface area contributed by atoms with E-state index in [9.17, 15) is 8.42 Å². The molecule has 1 aromatic carbocycles. The Balaban J connectivity index is 1.82. The molecule has 1 aromatic rings. The molecule has 2 aliphatic heterocycles. The van der Waals surface area contributed by atoms with Gasteiger partial charge in [0.1, 0.15) is 0 Å². The van der Waals surface area contributed by atoms with Crippen LogP contribution < -0.4 is 0 Å². The first kappa shape index (κ1) is 12.1. The Hall–Kier alpha value is -0.950. The van der Waals surface area contributed by atoms with Gasteiger partial charge in [-0.25, -0.2) is 8.42 Å². The predicted octanol–water partition coefficient (Wildman–Crippen LogP) is 0.224. The van der Waals surface area contributed by atoms with Crippen molar-refractivity contribution in [2.24, 2.45) is 0 Å². The number of benzene rings is 1. The van der Waals surface area contributed by atoms with E-state index >= 15 is 0 Å². The Morgan fingerprint density at radius 2 is 1.44 bits per heavy atom. The maximum atomic E-state index is 12.5. The fourth-order valence-electron chi connectivity index (χ4n) is 1.81. The van der Waals surface area contributed by atoms with Crippen LogP contribution in [0.4, 0.5) is 0 Å². The highest BCUT2D eigenvalue weighted by Crippen LogP contribution is 2.19. The van der Waals surface area contributed by atoms with Gasteiger partial charge in [-0.3, -0.25) is 9.80 Å². The lowest BCUT2D eigenvalue weighted by molar-refractivity contribution is 0.271. The van der Waals surface area contributed by atoms with Crippen molar-refractivity contribution in [3.63, 3.8) is 0 Å². The SMILES string of the molecule is O=S(=O)(c1ccccc1)N(CN1CC1)CN1CC1. The van der Waals surface area contributed by atoms with Gasteiger partial charge in [-0.2, -0.15) is 4.31 Å². The average Bonchev–Trinajstić information content (AvgIpc) is 3.24. The second-order valence-electron chi connectivity index (χ2n) is 4.79. The average molecular weight is 267 g/mol. The minimum atomic E-state index is -3.36. The number of nitrogens with zero attached hydrogens (tertiary/aromatic N) is 3. The first-order valence-electron chi connectivity index (χ1n) is 6.16. The molecule has 6 heteroatoms. The summed E-state index contributed by atoms with van der Waals surface area (Å²) in [5.74, 6) is 0. The molecule has 0 N–H and O–H groups in total. The molecule has 2 aliphatic rings. The standard InChI is InChI=1S/C12H17N3O2S/c16-18(17,12-4-2-1-3-5-12)15(10-13-6-7-13)11-14-8-9-14/h1-5H,6-11H2. The van der Waals surface area contributed by atoms with Crippen LogP contribution in [-0.2, 0) is 10.0 Å². The maximum absolute atomic E-state index is 12.5. The van der Waals surface area contributed by atoms with Gasteiger partial charge in [0.25, 0.3) is 0 Å². The highest BCUT2D eigenvalue weighted by Gasteiger charge is 2.33. The normalized spacial score (nSPS) is 20.3. The van der Waals surface area contributed by atoms with E-state index in [1.54, 1.807) is 28.6 Å². The third-order valence-corrected chi connectivity index (χ3v) is 4.95. The Bertz CT molecular complexity index is 495. The molecule has 0 amide bonds. The second kappa shape index (κ2) is 4.62. The van der Waals surface area contributed by atoms with E-state index in [0.29, 0.717) is 18.2 Å². The van der Waals surface area contributed by atoms with Gasteiger partial charge in [0.05, 0.1) is 18.2 Å². The summed E-state index contributed by atoms with van der Waals surface area (Å²) in [6, 6.07) is 8.68. The fourth-order valence-corrected chi connectivity index (χ4v) is 3.24. The molecule has 2 fully saturated rings. The lowest BCUT2D eigenvalue weighted by Gasteiger charge is -2.22. The van der Waals surface area contributed by atoms with Crippen molar-refractivity contribution in [1.82, 2.24) is 14.1 Å². The lowest BCUT2D eigenvalue weighted by Crippen LogP contribution is -2.38. The molecule has 0 aliphatic carbocycles. The molecule has 5 nitrogen and oxygen atoms in total. The van der Waals surface area contributed by atoms with E-state index in [1.807, 2.05) is 6.07 Å². The van der Waals surface area contributed by atoms with Crippen LogP contribution in [0.1, 0.15) is 0 Å². The quantitative estimate of drug-likeness (QED) is 0.692. The van der Waals surface area contributed by atoms with E-state index < -0.39 is 10.0 Å². The first-order valence-corrected chi connectivity index (χ1v) is 7.60. The third-order valence-electron chi connectivity index (χ3n) is 3.18. The molecule has 0 unspecified atom stereocenters. The zero-order valence-electron chi connectivity index (χ0n) is 10.2. The molecule has 0 bridgehead atoms.